The van der Waals surface area contributed by atoms with Gasteiger partial charge in [0.05, 0.1) is 5.92 Å². The zero-order chi connectivity index (χ0) is 12.3. The first kappa shape index (κ1) is 12.0. The second-order valence-corrected chi connectivity index (χ2v) is 4.60. The minimum Gasteiger partial charge on any atom is -0.326 e. The Hall–Kier alpha value is -1.42. The van der Waals surface area contributed by atoms with Crippen LogP contribution in [0.5, 0.6) is 0 Å². The number of carbonyl (C=O) groups excluding carboxylic acids is 1. The first-order valence-corrected chi connectivity index (χ1v) is 5.90. The Morgan fingerprint density at radius 1 is 1.41 bits per heavy atom. The summed E-state index contributed by atoms with van der Waals surface area (Å²) in [4.78, 5) is 14.1. The van der Waals surface area contributed by atoms with Crippen LogP contribution in [0.1, 0.15) is 12.8 Å². The summed E-state index contributed by atoms with van der Waals surface area (Å²) in [7, 11) is 2.03. The van der Waals surface area contributed by atoms with Gasteiger partial charge in [-0.1, -0.05) is 0 Å². The van der Waals surface area contributed by atoms with Crippen molar-refractivity contribution in [2.45, 2.75) is 12.8 Å². The third kappa shape index (κ3) is 3.27. The van der Waals surface area contributed by atoms with Crippen molar-refractivity contribution in [1.29, 1.82) is 0 Å². The number of benzene rings is 1. The van der Waals surface area contributed by atoms with E-state index in [1.54, 1.807) is 12.1 Å². The fourth-order valence-corrected chi connectivity index (χ4v) is 2.16. The third-order valence-corrected chi connectivity index (χ3v) is 3.11. The lowest BCUT2D eigenvalue weighted by atomic mass is 9.97. The summed E-state index contributed by atoms with van der Waals surface area (Å²) in [5.74, 6) is -0.220. The van der Waals surface area contributed by atoms with Crippen molar-refractivity contribution in [3.63, 3.8) is 0 Å². The highest BCUT2D eigenvalue weighted by atomic mass is 19.1. The number of nitrogens with zero attached hydrogens (tertiary/aromatic N) is 1. The maximum absolute atomic E-state index is 12.7. The van der Waals surface area contributed by atoms with Gasteiger partial charge in [-0.25, -0.2) is 4.39 Å². The average molecular weight is 236 g/mol. The lowest BCUT2D eigenvalue weighted by Gasteiger charge is -2.28. The molecule has 1 heterocycles. The fraction of sp³-hybridized carbons (Fsp3) is 0.462. The van der Waals surface area contributed by atoms with Gasteiger partial charge in [0.1, 0.15) is 5.82 Å². The summed E-state index contributed by atoms with van der Waals surface area (Å²) in [5.41, 5.74) is 0.657. The molecule has 2 rings (SSSR count). The third-order valence-electron chi connectivity index (χ3n) is 3.11. The van der Waals surface area contributed by atoms with Gasteiger partial charge >= 0.3 is 0 Å². The smallest absolute Gasteiger partial charge is 0.228 e. The molecule has 1 N–H and O–H groups in total. The zero-order valence-corrected chi connectivity index (χ0v) is 9.95. The molecule has 0 bridgehead atoms. The number of anilines is 1. The molecule has 1 saturated heterocycles. The molecule has 92 valence electrons. The number of piperidine rings is 1. The predicted octanol–water partition coefficient (Wildman–Crippen LogP) is 2.11. The number of likely N-dealkylation sites (tertiary alicyclic amines) is 1. The molecular weight excluding hydrogens is 219 g/mol. The van der Waals surface area contributed by atoms with Crippen molar-refractivity contribution in [3.05, 3.63) is 30.1 Å². The van der Waals surface area contributed by atoms with E-state index < -0.39 is 0 Å². The van der Waals surface area contributed by atoms with Crippen molar-refractivity contribution >= 4 is 11.6 Å². The topological polar surface area (TPSA) is 32.3 Å². The molecule has 0 aliphatic carbocycles. The summed E-state index contributed by atoms with van der Waals surface area (Å²) in [5, 5.41) is 2.83. The van der Waals surface area contributed by atoms with E-state index in [0.29, 0.717) is 5.69 Å². The molecule has 0 spiro atoms. The Morgan fingerprint density at radius 3 is 2.76 bits per heavy atom. The van der Waals surface area contributed by atoms with Crippen molar-refractivity contribution in [3.8, 4) is 0 Å². The molecule has 1 amide bonds. The van der Waals surface area contributed by atoms with Gasteiger partial charge in [-0.05, 0) is 50.7 Å². The van der Waals surface area contributed by atoms with Crippen LogP contribution in [0, 0.1) is 11.7 Å². The molecule has 1 atom stereocenters. The Labute approximate surface area is 101 Å². The van der Waals surface area contributed by atoms with Crippen LogP contribution in [0.3, 0.4) is 0 Å². The number of amides is 1. The molecule has 1 aliphatic heterocycles. The van der Waals surface area contributed by atoms with E-state index >= 15 is 0 Å². The SMILES string of the molecule is CN1CCCC(C(=O)Nc2ccc(F)cc2)C1. The van der Waals surface area contributed by atoms with Gasteiger partial charge in [0.25, 0.3) is 0 Å². The Bertz CT molecular complexity index is 391. The van der Waals surface area contributed by atoms with E-state index in [4.69, 9.17) is 0 Å². The minimum absolute atomic E-state index is 0.0307. The average Bonchev–Trinajstić information content (AvgIpc) is 2.32. The van der Waals surface area contributed by atoms with E-state index in [1.807, 2.05) is 7.05 Å². The van der Waals surface area contributed by atoms with Gasteiger partial charge in [-0.3, -0.25) is 4.79 Å². The molecule has 4 heteroatoms. The molecular formula is C13H17FN2O. The molecule has 1 unspecified atom stereocenters. The molecule has 0 radical (unpaired) electrons. The maximum Gasteiger partial charge on any atom is 0.228 e. The van der Waals surface area contributed by atoms with E-state index in [1.165, 1.54) is 12.1 Å². The molecule has 0 saturated carbocycles. The molecule has 1 aliphatic rings. The monoisotopic (exact) mass is 236 g/mol. The van der Waals surface area contributed by atoms with E-state index in [9.17, 15) is 9.18 Å². The fourth-order valence-electron chi connectivity index (χ4n) is 2.16. The first-order valence-electron chi connectivity index (χ1n) is 5.90. The second kappa shape index (κ2) is 5.27. The van der Waals surface area contributed by atoms with Crippen LogP contribution in [-0.2, 0) is 4.79 Å². The van der Waals surface area contributed by atoms with Crippen LogP contribution >= 0.6 is 0 Å². The Balaban J connectivity index is 1.94. The largest absolute Gasteiger partial charge is 0.326 e. The minimum atomic E-state index is -0.291. The van der Waals surface area contributed by atoms with Gasteiger partial charge in [0, 0.05) is 12.2 Å². The molecule has 3 nitrogen and oxygen atoms in total. The quantitative estimate of drug-likeness (QED) is 0.853. The lowest BCUT2D eigenvalue weighted by molar-refractivity contribution is -0.121. The van der Waals surface area contributed by atoms with E-state index in [2.05, 4.69) is 10.2 Å². The summed E-state index contributed by atoms with van der Waals surface area (Å²) < 4.78 is 12.7. The van der Waals surface area contributed by atoms with Crippen LogP contribution < -0.4 is 5.32 Å². The summed E-state index contributed by atoms with van der Waals surface area (Å²) in [6, 6.07) is 5.87. The molecule has 17 heavy (non-hydrogen) atoms. The van der Waals surface area contributed by atoms with Crippen LogP contribution in [-0.4, -0.2) is 30.9 Å². The summed E-state index contributed by atoms with van der Waals surface area (Å²) in [6.45, 7) is 1.85. The van der Waals surface area contributed by atoms with Gasteiger partial charge < -0.3 is 10.2 Å². The van der Waals surface area contributed by atoms with Gasteiger partial charge in [0.15, 0.2) is 0 Å². The number of hydrogen-bond donors (Lipinski definition) is 1. The highest BCUT2D eigenvalue weighted by molar-refractivity contribution is 5.92. The van der Waals surface area contributed by atoms with E-state index in [0.717, 1.165) is 25.9 Å². The van der Waals surface area contributed by atoms with Crippen LogP contribution in [0.15, 0.2) is 24.3 Å². The molecule has 1 fully saturated rings. The highest BCUT2D eigenvalue weighted by Gasteiger charge is 2.23. The standard InChI is InChI=1S/C13H17FN2O/c1-16-8-2-3-10(9-16)13(17)15-12-6-4-11(14)5-7-12/h4-7,10H,2-3,8-9H2,1H3,(H,15,17). The summed E-state index contributed by atoms with van der Waals surface area (Å²) in [6.07, 6.45) is 1.98. The molecule has 1 aromatic carbocycles. The second-order valence-electron chi connectivity index (χ2n) is 4.60. The molecule has 0 aromatic heterocycles. The van der Waals surface area contributed by atoms with E-state index in [-0.39, 0.29) is 17.6 Å². The van der Waals surface area contributed by atoms with Crippen molar-refractivity contribution < 1.29 is 9.18 Å². The maximum atomic E-state index is 12.7. The summed E-state index contributed by atoms with van der Waals surface area (Å²) >= 11 is 0. The highest BCUT2D eigenvalue weighted by Crippen LogP contribution is 2.17. The zero-order valence-electron chi connectivity index (χ0n) is 9.95. The number of carbonyl (C=O) groups is 1. The van der Waals surface area contributed by atoms with Crippen molar-refractivity contribution in [1.82, 2.24) is 4.90 Å². The molecule has 1 aromatic rings. The van der Waals surface area contributed by atoms with Crippen LogP contribution in [0.2, 0.25) is 0 Å². The first-order chi connectivity index (χ1) is 8.15. The van der Waals surface area contributed by atoms with Crippen LogP contribution in [0.25, 0.3) is 0 Å². The van der Waals surface area contributed by atoms with Gasteiger partial charge in [-0.2, -0.15) is 0 Å². The Morgan fingerprint density at radius 2 is 2.12 bits per heavy atom. The van der Waals surface area contributed by atoms with Crippen molar-refractivity contribution in [2.75, 3.05) is 25.5 Å². The lowest BCUT2D eigenvalue weighted by Crippen LogP contribution is -2.38. The number of nitrogens with one attached hydrogen (secondary N) is 1. The van der Waals surface area contributed by atoms with Crippen molar-refractivity contribution in [2.24, 2.45) is 5.92 Å². The van der Waals surface area contributed by atoms with Gasteiger partial charge in [-0.15, -0.1) is 0 Å². The number of hydrogen-bond acceptors (Lipinski definition) is 2. The predicted molar refractivity (Wildman–Crippen MR) is 65.3 cm³/mol. The normalized spacial score (nSPS) is 21.2. The Kier molecular flexibility index (Phi) is 3.74. The number of halogens is 1. The van der Waals surface area contributed by atoms with Gasteiger partial charge in [0.2, 0.25) is 5.91 Å². The van der Waals surface area contributed by atoms with Crippen LogP contribution in [0.4, 0.5) is 10.1 Å². The number of rotatable bonds is 2.